The van der Waals surface area contributed by atoms with E-state index in [4.69, 9.17) is 16.3 Å². The summed E-state index contributed by atoms with van der Waals surface area (Å²) < 4.78 is 5.39. The highest BCUT2D eigenvalue weighted by Crippen LogP contribution is 2.08. The minimum Gasteiger partial charge on any atom is -0.374 e. The molecule has 0 rings (SSSR count). The molecule has 0 saturated carbocycles. The van der Waals surface area contributed by atoms with Crippen molar-refractivity contribution >= 4 is 5.96 Å². The fourth-order valence-electron chi connectivity index (χ4n) is 0.758. The highest BCUT2D eigenvalue weighted by atomic mass is 16.5. The zero-order valence-corrected chi connectivity index (χ0v) is 7.92. The normalized spacial score (nSPS) is 13.2. The first-order valence-electron chi connectivity index (χ1n) is 3.92. The Hall–Kier alpha value is -0.810. The molecule has 72 valence electrons. The topological polar surface area (TPSA) is 85.7 Å². The molecule has 0 aliphatic carbocycles. The van der Waals surface area contributed by atoms with Gasteiger partial charge >= 0.3 is 0 Å². The maximum absolute atomic E-state index is 5.39. The average molecular weight is 174 g/mol. The highest BCUT2D eigenvalue weighted by Gasteiger charge is 2.16. The first kappa shape index (κ1) is 11.2. The Morgan fingerprint density at radius 3 is 2.58 bits per heavy atom. The van der Waals surface area contributed by atoms with Gasteiger partial charge in [0.25, 0.3) is 0 Å². The van der Waals surface area contributed by atoms with Gasteiger partial charge in [0.1, 0.15) is 0 Å². The van der Waals surface area contributed by atoms with E-state index in [1.54, 1.807) is 0 Å². The molecule has 0 heterocycles. The number of nitrogens with zero attached hydrogens (tertiary/aromatic N) is 1. The van der Waals surface area contributed by atoms with Crippen LogP contribution in [0.2, 0.25) is 0 Å². The van der Waals surface area contributed by atoms with Gasteiger partial charge in [0.15, 0.2) is 0 Å². The number of nitrogens with one attached hydrogen (secondary N) is 1. The fourth-order valence-corrected chi connectivity index (χ4v) is 0.758. The molecule has 0 spiro atoms. The number of rotatable bonds is 4. The fraction of sp³-hybridized carbons (Fsp3) is 0.857. The Morgan fingerprint density at radius 2 is 2.17 bits per heavy atom. The minimum absolute atomic E-state index is 0.225. The quantitative estimate of drug-likeness (QED) is 0.234. The maximum atomic E-state index is 5.39. The van der Waals surface area contributed by atoms with E-state index in [1.165, 1.54) is 0 Å². The van der Waals surface area contributed by atoms with E-state index in [1.807, 2.05) is 20.8 Å². The van der Waals surface area contributed by atoms with Crippen LogP contribution in [-0.4, -0.2) is 24.7 Å². The minimum atomic E-state index is -0.282. The van der Waals surface area contributed by atoms with Crippen molar-refractivity contribution in [2.75, 3.05) is 13.2 Å². The lowest BCUT2D eigenvalue weighted by Crippen LogP contribution is -2.39. The van der Waals surface area contributed by atoms with Crippen molar-refractivity contribution < 1.29 is 4.74 Å². The summed E-state index contributed by atoms with van der Waals surface area (Å²) in [6.07, 6.45) is 0. The summed E-state index contributed by atoms with van der Waals surface area (Å²) in [5.74, 6) is 5.25. The molecule has 0 bridgehead atoms. The summed E-state index contributed by atoms with van der Waals surface area (Å²) in [6, 6.07) is 0. The standard InChI is InChI=1S/C7H18N4O/c1-4-12-7(2,3)5-10-6(8)11-9/h4-5,9H2,1-3H3,(H3,8,10,11). The van der Waals surface area contributed by atoms with E-state index in [0.29, 0.717) is 13.2 Å². The number of hydrogen-bond acceptors (Lipinski definition) is 3. The van der Waals surface area contributed by atoms with Crippen LogP contribution in [0.25, 0.3) is 0 Å². The van der Waals surface area contributed by atoms with Gasteiger partial charge in [-0.2, -0.15) is 0 Å². The Bertz CT molecular complexity index is 155. The van der Waals surface area contributed by atoms with Crippen LogP contribution < -0.4 is 17.0 Å². The van der Waals surface area contributed by atoms with E-state index in [2.05, 4.69) is 10.4 Å². The van der Waals surface area contributed by atoms with Gasteiger partial charge < -0.3 is 10.5 Å². The van der Waals surface area contributed by atoms with Gasteiger partial charge in [-0.3, -0.25) is 5.43 Å². The van der Waals surface area contributed by atoms with Gasteiger partial charge in [0.2, 0.25) is 5.96 Å². The average Bonchev–Trinajstić information content (AvgIpc) is 2.00. The number of nitrogens with two attached hydrogens (primary N) is 2. The Labute approximate surface area is 73.1 Å². The van der Waals surface area contributed by atoms with Gasteiger partial charge in [-0.25, -0.2) is 10.8 Å². The monoisotopic (exact) mass is 174 g/mol. The zero-order valence-electron chi connectivity index (χ0n) is 7.92. The second-order valence-corrected chi connectivity index (χ2v) is 3.04. The molecular weight excluding hydrogens is 156 g/mol. The molecule has 0 aromatic carbocycles. The van der Waals surface area contributed by atoms with Crippen molar-refractivity contribution in [3.05, 3.63) is 0 Å². The van der Waals surface area contributed by atoms with Crippen LogP contribution in [0.15, 0.2) is 4.99 Å². The molecule has 5 heteroatoms. The molecule has 0 fully saturated rings. The highest BCUT2D eigenvalue weighted by molar-refractivity contribution is 5.77. The van der Waals surface area contributed by atoms with Crippen LogP contribution in [0.3, 0.4) is 0 Å². The van der Waals surface area contributed by atoms with Gasteiger partial charge in [-0.1, -0.05) is 0 Å². The largest absolute Gasteiger partial charge is 0.374 e. The first-order valence-corrected chi connectivity index (χ1v) is 3.92. The lowest BCUT2D eigenvalue weighted by molar-refractivity contribution is -0.00215. The third-order valence-corrected chi connectivity index (χ3v) is 1.31. The van der Waals surface area contributed by atoms with Crippen molar-refractivity contribution in [2.24, 2.45) is 16.6 Å². The summed E-state index contributed by atoms with van der Waals surface area (Å²) in [4.78, 5) is 3.97. The predicted octanol–water partition coefficient (Wildman–Crippen LogP) is -0.420. The lowest BCUT2D eigenvalue weighted by atomic mass is 10.1. The molecule has 5 N–H and O–H groups in total. The molecule has 5 nitrogen and oxygen atoms in total. The van der Waals surface area contributed by atoms with E-state index in [-0.39, 0.29) is 11.6 Å². The number of aliphatic imine (C=N–C) groups is 1. The van der Waals surface area contributed by atoms with Crippen LogP contribution in [0, 0.1) is 0 Å². The van der Waals surface area contributed by atoms with Gasteiger partial charge in [0, 0.05) is 6.61 Å². The molecule has 12 heavy (non-hydrogen) atoms. The number of guanidine groups is 1. The third kappa shape index (κ3) is 4.92. The number of hydrogen-bond donors (Lipinski definition) is 3. The Kier molecular flexibility index (Phi) is 4.61. The Morgan fingerprint density at radius 1 is 1.58 bits per heavy atom. The van der Waals surface area contributed by atoms with Crippen molar-refractivity contribution in [3.63, 3.8) is 0 Å². The van der Waals surface area contributed by atoms with Crippen molar-refractivity contribution in [3.8, 4) is 0 Å². The van der Waals surface area contributed by atoms with Crippen LogP contribution in [0.5, 0.6) is 0 Å². The second-order valence-electron chi connectivity index (χ2n) is 3.04. The molecule has 0 unspecified atom stereocenters. The molecule has 0 radical (unpaired) electrons. The van der Waals surface area contributed by atoms with Crippen LogP contribution in [0.4, 0.5) is 0 Å². The molecule has 0 saturated heterocycles. The summed E-state index contributed by atoms with van der Waals surface area (Å²) in [5, 5.41) is 0. The van der Waals surface area contributed by atoms with E-state index < -0.39 is 0 Å². The zero-order chi connectivity index (χ0) is 9.61. The van der Waals surface area contributed by atoms with E-state index >= 15 is 0 Å². The predicted molar refractivity (Wildman–Crippen MR) is 49.5 cm³/mol. The van der Waals surface area contributed by atoms with Crippen LogP contribution in [-0.2, 0) is 4.74 Å². The summed E-state index contributed by atoms with van der Waals surface area (Å²) in [7, 11) is 0. The molecule has 0 atom stereocenters. The third-order valence-electron chi connectivity index (χ3n) is 1.31. The number of hydrazine groups is 1. The summed E-state index contributed by atoms with van der Waals surface area (Å²) in [5.41, 5.74) is 7.30. The van der Waals surface area contributed by atoms with Crippen molar-refractivity contribution in [1.82, 2.24) is 5.43 Å². The van der Waals surface area contributed by atoms with Crippen molar-refractivity contribution in [1.29, 1.82) is 0 Å². The molecule has 0 aliphatic heterocycles. The van der Waals surface area contributed by atoms with E-state index in [9.17, 15) is 0 Å². The van der Waals surface area contributed by atoms with Crippen LogP contribution >= 0.6 is 0 Å². The van der Waals surface area contributed by atoms with Gasteiger partial charge in [0.05, 0.1) is 12.1 Å². The van der Waals surface area contributed by atoms with E-state index in [0.717, 1.165) is 0 Å². The first-order chi connectivity index (χ1) is 5.52. The molecule has 0 aliphatic rings. The van der Waals surface area contributed by atoms with Gasteiger partial charge in [-0.15, -0.1) is 0 Å². The van der Waals surface area contributed by atoms with Crippen LogP contribution in [0.1, 0.15) is 20.8 Å². The summed E-state index contributed by atoms with van der Waals surface area (Å²) >= 11 is 0. The van der Waals surface area contributed by atoms with Gasteiger partial charge in [-0.05, 0) is 20.8 Å². The maximum Gasteiger partial charge on any atom is 0.203 e. The van der Waals surface area contributed by atoms with Crippen molar-refractivity contribution in [2.45, 2.75) is 26.4 Å². The molecule has 0 aromatic rings. The lowest BCUT2D eigenvalue weighted by Gasteiger charge is -2.22. The number of ether oxygens (including phenoxy) is 1. The SMILES string of the molecule is CCOC(C)(C)CN=C(N)NN. The summed E-state index contributed by atoms with van der Waals surface area (Å²) in [6.45, 7) is 7.00. The molecule has 0 aromatic heterocycles. The molecule has 0 amide bonds. The molecular formula is C7H18N4O. The Balaban J connectivity index is 3.89. The second kappa shape index (κ2) is 4.95. The smallest absolute Gasteiger partial charge is 0.203 e.